The van der Waals surface area contributed by atoms with Crippen molar-refractivity contribution in [3.8, 4) is 5.75 Å². The summed E-state index contributed by atoms with van der Waals surface area (Å²) in [6, 6.07) is 14.7. The molecule has 2 N–H and O–H groups in total. The lowest BCUT2D eigenvalue weighted by molar-refractivity contribution is -0.115. The molecule has 0 aromatic heterocycles. The van der Waals surface area contributed by atoms with E-state index in [-0.39, 0.29) is 11.4 Å². The topological polar surface area (TPSA) is 84.5 Å². The monoisotopic (exact) mass is 320 g/mol. The van der Waals surface area contributed by atoms with Gasteiger partial charge in [0.2, 0.25) is 15.9 Å². The lowest BCUT2D eigenvalue weighted by Crippen LogP contribution is -2.32. The van der Waals surface area contributed by atoms with E-state index in [9.17, 15) is 13.2 Å². The number of amides is 1. The maximum atomic E-state index is 12.0. The number of nitrogens with one attached hydrogen (secondary N) is 2. The van der Waals surface area contributed by atoms with Gasteiger partial charge < -0.3 is 10.1 Å². The molecule has 0 aliphatic rings. The average Bonchev–Trinajstić information content (AvgIpc) is 2.54. The number of methoxy groups -OCH3 is 1. The molecule has 0 fully saturated rings. The Balaban J connectivity index is 1.95. The van der Waals surface area contributed by atoms with E-state index >= 15 is 0 Å². The highest BCUT2D eigenvalue weighted by molar-refractivity contribution is 7.89. The van der Waals surface area contributed by atoms with Crippen LogP contribution < -0.4 is 14.8 Å². The highest BCUT2D eigenvalue weighted by Gasteiger charge is 2.14. The number of carbonyl (C=O) groups is 1. The number of sulfonamides is 1. The van der Waals surface area contributed by atoms with Gasteiger partial charge in [0.05, 0.1) is 18.6 Å². The Bertz CT molecular complexity index is 745. The van der Waals surface area contributed by atoms with Crippen molar-refractivity contribution in [3.05, 3.63) is 54.6 Å². The fourth-order valence-corrected chi connectivity index (χ4v) is 2.75. The van der Waals surface area contributed by atoms with E-state index in [4.69, 9.17) is 4.74 Å². The van der Waals surface area contributed by atoms with Crippen LogP contribution in [-0.2, 0) is 14.8 Å². The molecule has 116 valence electrons. The third-order valence-corrected chi connectivity index (χ3v) is 4.25. The molecule has 0 radical (unpaired) electrons. The van der Waals surface area contributed by atoms with E-state index in [2.05, 4.69) is 10.0 Å². The van der Waals surface area contributed by atoms with Crippen LogP contribution in [0.4, 0.5) is 5.69 Å². The van der Waals surface area contributed by atoms with Gasteiger partial charge in [-0.25, -0.2) is 13.1 Å². The van der Waals surface area contributed by atoms with Gasteiger partial charge in [-0.3, -0.25) is 4.79 Å². The van der Waals surface area contributed by atoms with Crippen molar-refractivity contribution < 1.29 is 17.9 Å². The Labute approximate surface area is 129 Å². The van der Waals surface area contributed by atoms with Gasteiger partial charge in [0.25, 0.3) is 0 Å². The zero-order chi connectivity index (χ0) is 16.0. The van der Waals surface area contributed by atoms with Crippen LogP contribution in [0.25, 0.3) is 0 Å². The molecule has 0 saturated heterocycles. The summed E-state index contributed by atoms with van der Waals surface area (Å²) in [5, 5.41) is 2.59. The van der Waals surface area contributed by atoms with Crippen LogP contribution in [0.1, 0.15) is 0 Å². The first-order valence-corrected chi connectivity index (χ1v) is 7.98. The maximum Gasteiger partial charge on any atom is 0.241 e. The first kappa shape index (κ1) is 16.0. The lowest BCUT2D eigenvalue weighted by atomic mass is 10.3. The summed E-state index contributed by atoms with van der Waals surface area (Å²) in [4.78, 5) is 11.9. The number of ether oxygens (including phenoxy) is 1. The summed E-state index contributed by atoms with van der Waals surface area (Å²) in [7, 11) is -2.17. The number of anilines is 1. The largest absolute Gasteiger partial charge is 0.497 e. The minimum Gasteiger partial charge on any atom is -0.497 e. The van der Waals surface area contributed by atoms with E-state index in [1.807, 2.05) is 0 Å². The van der Waals surface area contributed by atoms with E-state index in [0.717, 1.165) is 0 Å². The second-order valence-corrected chi connectivity index (χ2v) is 6.18. The van der Waals surface area contributed by atoms with E-state index in [1.165, 1.54) is 19.2 Å². The minimum atomic E-state index is -3.70. The van der Waals surface area contributed by atoms with Gasteiger partial charge in [-0.15, -0.1) is 0 Å². The van der Waals surface area contributed by atoms with Crippen molar-refractivity contribution in [2.75, 3.05) is 19.0 Å². The molecule has 0 heterocycles. The molecule has 6 nitrogen and oxygen atoms in total. The Kier molecular flexibility index (Phi) is 5.13. The molecule has 0 spiro atoms. The maximum absolute atomic E-state index is 12.0. The van der Waals surface area contributed by atoms with Gasteiger partial charge in [-0.2, -0.15) is 0 Å². The molecule has 2 rings (SSSR count). The summed E-state index contributed by atoms with van der Waals surface area (Å²) in [6.07, 6.45) is 0. The quantitative estimate of drug-likeness (QED) is 0.847. The lowest BCUT2D eigenvalue weighted by Gasteiger charge is -2.08. The summed E-state index contributed by atoms with van der Waals surface area (Å²) in [6.45, 7) is -0.353. The van der Waals surface area contributed by atoms with E-state index in [0.29, 0.717) is 11.4 Å². The normalized spacial score (nSPS) is 11.0. The van der Waals surface area contributed by atoms with Crippen molar-refractivity contribution in [3.63, 3.8) is 0 Å². The van der Waals surface area contributed by atoms with Crippen molar-refractivity contribution in [1.82, 2.24) is 4.72 Å². The van der Waals surface area contributed by atoms with Crippen LogP contribution in [-0.4, -0.2) is 28.0 Å². The zero-order valence-corrected chi connectivity index (χ0v) is 12.8. The molecule has 1 amide bonds. The molecule has 0 unspecified atom stereocenters. The summed E-state index contributed by atoms with van der Waals surface area (Å²) in [5.74, 6) is 0.135. The predicted molar refractivity (Wildman–Crippen MR) is 83.3 cm³/mol. The standard InChI is InChI=1S/C15H16N2O4S/c1-21-13-7-5-6-12(10-13)17-15(18)11-16-22(19,20)14-8-3-2-4-9-14/h2-10,16H,11H2,1H3,(H,17,18). The number of rotatable bonds is 6. The molecule has 7 heteroatoms. The average molecular weight is 320 g/mol. The highest BCUT2D eigenvalue weighted by atomic mass is 32.2. The van der Waals surface area contributed by atoms with Crippen LogP contribution in [0, 0.1) is 0 Å². The molecule has 0 bridgehead atoms. The SMILES string of the molecule is COc1cccc(NC(=O)CNS(=O)(=O)c2ccccc2)c1. The molecule has 0 atom stereocenters. The predicted octanol–water partition coefficient (Wildman–Crippen LogP) is 1.61. The van der Waals surface area contributed by atoms with Crippen molar-refractivity contribution in [2.24, 2.45) is 0 Å². The molecule has 0 aliphatic carbocycles. The molecule has 2 aromatic rings. The smallest absolute Gasteiger partial charge is 0.241 e. The highest BCUT2D eigenvalue weighted by Crippen LogP contribution is 2.16. The fraction of sp³-hybridized carbons (Fsp3) is 0.133. The minimum absolute atomic E-state index is 0.115. The Hall–Kier alpha value is -2.38. The van der Waals surface area contributed by atoms with E-state index < -0.39 is 15.9 Å². The third kappa shape index (κ3) is 4.31. The number of hydrogen-bond acceptors (Lipinski definition) is 4. The van der Waals surface area contributed by atoms with E-state index in [1.54, 1.807) is 42.5 Å². The Morgan fingerprint density at radius 3 is 2.50 bits per heavy atom. The number of carbonyl (C=O) groups excluding carboxylic acids is 1. The summed E-state index contributed by atoms with van der Waals surface area (Å²) in [5.41, 5.74) is 0.531. The van der Waals surface area contributed by atoms with Gasteiger partial charge in [0.1, 0.15) is 5.75 Å². The van der Waals surface area contributed by atoms with Crippen LogP contribution in [0.3, 0.4) is 0 Å². The van der Waals surface area contributed by atoms with Crippen LogP contribution in [0.5, 0.6) is 5.75 Å². The first-order chi connectivity index (χ1) is 10.5. The molecule has 22 heavy (non-hydrogen) atoms. The van der Waals surface area contributed by atoms with Crippen LogP contribution in [0.15, 0.2) is 59.5 Å². The third-order valence-electron chi connectivity index (χ3n) is 2.83. The van der Waals surface area contributed by atoms with Gasteiger partial charge in [0.15, 0.2) is 0 Å². The van der Waals surface area contributed by atoms with Crippen LogP contribution in [0.2, 0.25) is 0 Å². The second-order valence-electron chi connectivity index (χ2n) is 4.42. The Morgan fingerprint density at radius 1 is 1.09 bits per heavy atom. The fourth-order valence-electron chi connectivity index (χ4n) is 1.75. The van der Waals surface area contributed by atoms with Gasteiger partial charge in [0, 0.05) is 11.8 Å². The van der Waals surface area contributed by atoms with Crippen molar-refractivity contribution >= 4 is 21.6 Å². The van der Waals surface area contributed by atoms with Gasteiger partial charge in [-0.1, -0.05) is 24.3 Å². The van der Waals surface area contributed by atoms with Crippen molar-refractivity contribution in [1.29, 1.82) is 0 Å². The molecule has 0 aliphatic heterocycles. The summed E-state index contributed by atoms with van der Waals surface area (Å²) < 4.78 is 31.3. The zero-order valence-electron chi connectivity index (χ0n) is 11.9. The van der Waals surface area contributed by atoms with Gasteiger partial charge >= 0.3 is 0 Å². The molecule has 2 aromatic carbocycles. The summed E-state index contributed by atoms with van der Waals surface area (Å²) >= 11 is 0. The van der Waals surface area contributed by atoms with Crippen molar-refractivity contribution in [2.45, 2.75) is 4.90 Å². The Morgan fingerprint density at radius 2 is 1.82 bits per heavy atom. The molecular weight excluding hydrogens is 304 g/mol. The molecule has 0 saturated carbocycles. The van der Waals surface area contributed by atoms with Crippen LogP contribution >= 0.6 is 0 Å². The van der Waals surface area contributed by atoms with Gasteiger partial charge in [-0.05, 0) is 24.3 Å². The molecular formula is C15H16N2O4S. The number of hydrogen-bond donors (Lipinski definition) is 2. The first-order valence-electron chi connectivity index (χ1n) is 6.50. The second kappa shape index (κ2) is 7.06. The number of benzene rings is 2.